The fraction of sp³-hybridized carbons (Fsp3) is 0.286. The average Bonchev–Trinajstić information content (AvgIpc) is 2.98. The maximum absolute atomic E-state index is 11.6. The van der Waals surface area contributed by atoms with Gasteiger partial charge in [0.15, 0.2) is 0 Å². The highest BCUT2D eigenvalue weighted by atomic mass is 32.1. The normalized spacial score (nSPS) is 10.2. The highest BCUT2D eigenvalue weighted by Gasteiger charge is 2.06. The number of para-hydroxylation sites is 1. The monoisotopic (exact) mass is 275 g/mol. The molecule has 1 amide bonds. The summed E-state index contributed by atoms with van der Waals surface area (Å²) in [4.78, 5) is 17.8. The van der Waals surface area contributed by atoms with Gasteiger partial charge >= 0.3 is 0 Å². The van der Waals surface area contributed by atoms with Gasteiger partial charge in [-0.25, -0.2) is 4.98 Å². The van der Waals surface area contributed by atoms with Crippen LogP contribution in [0.25, 0.3) is 0 Å². The zero-order chi connectivity index (χ0) is 13.5. The minimum Gasteiger partial charge on any atom is -0.375 e. The van der Waals surface area contributed by atoms with Crippen molar-refractivity contribution in [2.45, 2.75) is 6.42 Å². The summed E-state index contributed by atoms with van der Waals surface area (Å²) in [6.07, 6.45) is 0.904. The van der Waals surface area contributed by atoms with Crippen molar-refractivity contribution in [1.29, 1.82) is 0 Å². The maximum atomic E-state index is 11.6. The third kappa shape index (κ3) is 4.06. The third-order valence-electron chi connectivity index (χ3n) is 2.82. The molecule has 0 fully saturated rings. The molecule has 1 heterocycles. The Kier molecular flexibility index (Phi) is 4.92. The summed E-state index contributed by atoms with van der Waals surface area (Å²) in [5.74, 6) is -0.0939. The Bertz CT molecular complexity index is 499. The van der Waals surface area contributed by atoms with Crippen molar-refractivity contribution in [1.82, 2.24) is 10.3 Å². The number of anilines is 1. The fourth-order valence-corrected chi connectivity index (χ4v) is 2.28. The molecule has 1 aromatic heterocycles. The lowest BCUT2D eigenvalue weighted by molar-refractivity contribution is 0.0949. The Labute approximate surface area is 117 Å². The van der Waals surface area contributed by atoms with E-state index in [1.165, 1.54) is 17.0 Å². The van der Waals surface area contributed by atoms with Gasteiger partial charge in [-0.05, 0) is 18.6 Å². The van der Waals surface area contributed by atoms with Crippen molar-refractivity contribution in [3.63, 3.8) is 0 Å². The van der Waals surface area contributed by atoms with Crippen LogP contribution in [0, 0.1) is 0 Å². The highest BCUT2D eigenvalue weighted by Crippen LogP contribution is 2.10. The molecule has 100 valence electrons. The van der Waals surface area contributed by atoms with Crippen molar-refractivity contribution in [2.75, 3.05) is 25.0 Å². The predicted octanol–water partition coefficient (Wildman–Crippen LogP) is 2.40. The summed E-state index contributed by atoms with van der Waals surface area (Å²) in [6, 6.07) is 10.2. The van der Waals surface area contributed by atoms with E-state index in [0.717, 1.165) is 13.0 Å². The van der Waals surface area contributed by atoms with Crippen LogP contribution in [0.1, 0.15) is 16.9 Å². The lowest BCUT2D eigenvalue weighted by Gasteiger charge is -2.19. The number of thiazole rings is 1. The first-order chi connectivity index (χ1) is 9.27. The van der Waals surface area contributed by atoms with E-state index in [-0.39, 0.29) is 5.91 Å². The molecule has 0 aliphatic heterocycles. The summed E-state index contributed by atoms with van der Waals surface area (Å²) in [6.45, 7) is 1.56. The number of hydrogen-bond donors (Lipinski definition) is 1. The van der Waals surface area contributed by atoms with E-state index in [0.29, 0.717) is 12.2 Å². The number of benzene rings is 1. The van der Waals surface area contributed by atoms with Gasteiger partial charge in [0, 0.05) is 31.2 Å². The third-order valence-corrected chi connectivity index (χ3v) is 3.40. The molecule has 0 aliphatic rings. The van der Waals surface area contributed by atoms with Crippen molar-refractivity contribution in [3.8, 4) is 0 Å². The number of amides is 1. The quantitative estimate of drug-likeness (QED) is 0.823. The predicted molar refractivity (Wildman–Crippen MR) is 78.8 cm³/mol. The van der Waals surface area contributed by atoms with Crippen LogP contribution in [0.2, 0.25) is 0 Å². The van der Waals surface area contributed by atoms with Gasteiger partial charge in [0.2, 0.25) is 0 Å². The van der Waals surface area contributed by atoms with Crippen molar-refractivity contribution in [3.05, 3.63) is 46.9 Å². The summed E-state index contributed by atoms with van der Waals surface area (Å²) in [5, 5.41) is 4.63. The maximum Gasteiger partial charge on any atom is 0.270 e. The Hall–Kier alpha value is -1.88. The standard InChI is InChI=1S/C14H17N3OS/c1-17(12-6-3-2-4-7-12)9-5-8-15-14(18)13-10-19-11-16-13/h2-4,6-7,10-11H,5,8-9H2,1H3,(H,15,18). The molecule has 1 aromatic carbocycles. The second kappa shape index (κ2) is 6.89. The van der Waals surface area contributed by atoms with Gasteiger partial charge in [-0.3, -0.25) is 4.79 Å². The summed E-state index contributed by atoms with van der Waals surface area (Å²) < 4.78 is 0. The zero-order valence-corrected chi connectivity index (χ0v) is 11.7. The Morgan fingerprint density at radius 3 is 2.84 bits per heavy atom. The molecule has 19 heavy (non-hydrogen) atoms. The number of aromatic nitrogens is 1. The van der Waals surface area contributed by atoms with Crippen molar-refractivity contribution < 1.29 is 4.79 Å². The second-order valence-corrected chi connectivity index (χ2v) is 4.96. The number of nitrogens with one attached hydrogen (secondary N) is 1. The van der Waals surface area contributed by atoms with Crippen LogP contribution < -0.4 is 10.2 Å². The lowest BCUT2D eigenvalue weighted by atomic mass is 10.3. The molecule has 0 spiro atoms. The van der Waals surface area contributed by atoms with Crippen LogP contribution in [-0.4, -0.2) is 31.0 Å². The SMILES string of the molecule is CN(CCCNC(=O)c1cscn1)c1ccccc1. The Morgan fingerprint density at radius 2 is 2.16 bits per heavy atom. The molecule has 0 bridgehead atoms. The molecule has 0 aliphatic carbocycles. The molecule has 2 aromatic rings. The second-order valence-electron chi connectivity index (χ2n) is 4.24. The smallest absolute Gasteiger partial charge is 0.270 e. The van der Waals surface area contributed by atoms with Gasteiger partial charge in [-0.2, -0.15) is 0 Å². The van der Waals surface area contributed by atoms with Crippen LogP contribution in [0.4, 0.5) is 5.69 Å². The van der Waals surface area contributed by atoms with Crippen LogP contribution in [-0.2, 0) is 0 Å². The zero-order valence-electron chi connectivity index (χ0n) is 10.9. The Balaban J connectivity index is 1.68. The molecule has 2 rings (SSSR count). The van der Waals surface area contributed by atoms with Crippen LogP contribution >= 0.6 is 11.3 Å². The number of carbonyl (C=O) groups excluding carboxylic acids is 1. The average molecular weight is 275 g/mol. The molecule has 4 nitrogen and oxygen atoms in total. The minimum atomic E-state index is -0.0939. The van der Waals surface area contributed by atoms with Crippen LogP contribution in [0.15, 0.2) is 41.2 Å². The van der Waals surface area contributed by atoms with Gasteiger partial charge in [-0.1, -0.05) is 18.2 Å². The number of nitrogens with zero attached hydrogens (tertiary/aromatic N) is 2. The first kappa shape index (κ1) is 13.5. The molecule has 0 saturated carbocycles. The Morgan fingerprint density at radius 1 is 1.37 bits per heavy atom. The van der Waals surface area contributed by atoms with E-state index in [9.17, 15) is 4.79 Å². The summed E-state index contributed by atoms with van der Waals surface area (Å²) >= 11 is 1.43. The first-order valence-corrected chi connectivity index (χ1v) is 7.14. The molecule has 0 radical (unpaired) electrons. The molecule has 0 atom stereocenters. The summed E-state index contributed by atoms with van der Waals surface area (Å²) in [7, 11) is 2.05. The van der Waals surface area contributed by atoms with Gasteiger partial charge in [0.25, 0.3) is 5.91 Å². The topological polar surface area (TPSA) is 45.2 Å². The fourth-order valence-electron chi connectivity index (χ4n) is 1.74. The van der Waals surface area contributed by atoms with E-state index in [1.807, 2.05) is 18.2 Å². The molecule has 0 unspecified atom stereocenters. The molecule has 5 heteroatoms. The molecule has 1 N–H and O–H groups in total. The minimum absolute atomic E-state index is 0.0939. The first-order valence-electron chi connectivity index (χ1n) is 6.20. The summed E-state index contributed by atoms with van der Waals surface area (Å²) in [5.41, 5.74) is 3.35. The van der Waals surface area contributed by atoms with Gasteiger partial charge < -0.3 is 10.2 Å². The van der Waals surface area contributed by atoms with Crippen molar-refractivity contribution in [2.24, 2.45) is 0 Å². The highest BCUT2D eigenvalue weighted by molar-refractivity contribution is 7.07. The molecule has 0 saturated heterocycles. The van der Waals surface area contributed by atoms with E-state index in [1.54, 1.807) is 10.9 Å². The van der Waals surface area contributed by atoms with E-state index < -0.39 is 0 Å². The lowest BCUT2D eigenvalue weighted by Crippen LogP contribution is -2.28. The van der Waals surface area contributed by atoms with Gasteiger partial charge in [0.05, 0.1) is 5.51 Å². The van der Waals surface area contributed by atoms with Crippen molar-refractivity contribution >= 4 is 22.9 Å². The van der Waals surface area contributed by atoms with E-state index in [4.69, 9.17) is 0 Å². The molecular formula is C14H17N3OS. The number of hydrogen-bond acceptors (Lipinski definition) is 4. The van der Waals surface area contributed by atoms with Crippen LogP contribution in [0.5, 0.6) is 0 Å². The number of carbonyl (C=O) groups is 1. The van der Waals surface area contributed by atoms with E-state index in [2.05, 4.69) is 34.4 Å². The van der Waals surface area contributed by atoms with Gasteiger partial charge in [0.1, 0.15) is 5.69 Å². The van der Waals surface area contributed by atoms with E-state index >= 15 is 0 Å². The van der Waals surface area contributed by atoms with Gasteiger partial charge in [-0.15, -0.1) is 11.3 Å². The van der Waals surface area contributed by atoms with Crippen LogP contribution in [0.3, 0.4) is 0 Å². The number of rotatable bonds is 6. The molecular weight excluding hydrogens is 258 g/mol. The largest absolute Gasteiger partial charge is 0.375 e.